The van der Waals surface area contributed by atoms with Gasteiger partial charge in [-0.1, -0.05) is 63.2 Å². The largest absolute Gasteiger partial charge is 0.371 e. The smallest absolute Gasteiger partial charge is 0.253 e. The molecular formula is C31H36FN3O2. The molecule has 37 heavy (non-hydrogen) atoms. The van der Waals surface area contributed by atoms with Crippen LogP contribution in [0, 0.1) is 17.2 Å². The summed E-state index contributed by atoms with van der Waals surface area (Å²) in [5, 5.41) is 5.91. The van der Waals surface area contributed by atoms with Gasteiger partial charge in [0.15, 0.2) is 0 Å². The van der Waals surface area contributed by atoms with Crippen molar-refractivity contribution in [2.75, 3.05) is 23.3 Å². The van der Waals surface area contributed by atoms with Crippen molar-refractivity contribution in [3.05, 3.63) is 95.3 Å². The number of anilines is 2. The van der Waals surface area contributed by atoms with Crippen LogP contribution in [-0.2, 0) is 17.8 Å². The van der Waals surface area contributed by atoms with E-state index in [4.69, 9.17) is 0 Å². The van der Waals surface area contributed by atoms with Gasteiger partial charge in [0.2, 0.25) is 5.91 Å². The van der Waals surface area contributed by atoms with Crippen LogP contribution in [0.5, 0.6) is 0 Å². The minimum Gasteiger partial charge on any atom is -0.371 e. The number of nitrogens with one attached hydrogen (secondary N) is 2. The average molecular weight is 502 g/mol. The number of carbonyl (C=O) groups excluding carboxylic acids is 2. The topological polar surface area (TPSA) is 61.4 Å². The van der Waals surface area contributed by atoms with Gasteiger partial charge in [0.25, 0.3) is 5.91 Å². The highest BCUT2D eigenvalue weighted by Gasteiger charge is 2.25. The van der Waals surface area contributed by atoms with Crippen LogP contribution >= 0.6 is 0 Å². The number of nitrogens with zero attached hydrogens (tertiary/aromatic N) is 1. The Morgan fingerprint density at radius 3 is 2.24 bits per heavy atom. The number of hydrogen-bond acceptors (Lipinski definition) is 3. The van der Waals surface area contributed by atoms with Gasteiger partial charge in [-0.05, 0) is 66.6 Å². The minimum atomic E-state index is -0.551. The molecule has 1 aliphatic heterocycles. The number of hydrogen-bond donors (Lipinski definition) is 2. The summed E-state index contributed by atoms with van der Waals surface area (Å²) in [6.07, 6.45) is 3.17. The summed E-state index contributed by atoms with van der Waals surface area (Å²) >= 11 is 0. The second-order valence-corrected chi connectivity index (χ2v) is 10.9. The third kappa shape index (κ3) is 7.19. The lowest BCUT2D eigenvalue weighted by atomic mass is 9.89. The Hall–Kier alpha value is -3.67. The molecular weight excluding hydrogens is 465 g/mol. The van der Waals surface area contributed by atoms with Gasteiger partial charge in [0, 0.05) is 36.4 Å². The first kappa shape index (κ1) is 26.4. The molecule has 3 aromatic carbocycles. The zero-order chi connectivity index (χ0) is 26.4. The van der Waals surface area contributed by atoms with E-state index in [2.05, 4.69) is 39.8 Å². The maximum atomic E-state index is 13.4. The summed E-state index contributed by atoms with van der Waals surface area (Å²) in [6, 6.07) is 22.2. The summed E-state index contributed by atoms with van der Waals surface area (Å²) in [5.41, 5.74) is 3.61. The Balaban J connectivity index is 1.50. The molecule has 0 bridgehead atoms. The maximum absolute atomic E-state index is 13.4. The molecule has 1 saturated heterocycles. The number of benzene rings is 3. The molecule has 1 aliphatic rings. The monoisotopic (exact) mass is 501 g/mol. The first-order valence-electron chi connectivity index (χ1n) is 13.0. The number of halogens is 1. The Labute approximate surface area is 219 Å². The Morgan fingerprint density at radius 1 is 0.919 bits per heavy atom. The zero-order valence-corrected chi connectivity index (χ0v) is 21.9. The fraction of sp³-hybridized carbons (Fsp3) is 0.355. The standard InChI is InChI=1S/C31H36FN3O2/c1-31(2,3)30(37)34-26-13-14-28(27(20-26)29(36)33-21-24-9-11-25(32)12-10-24)35-17-15-23(16-18-35)19-22-7-5-4-6-8-22/h4-14,20,23H,15-19,21H2,1-3H3,(H,33,36)(H,34,37). The molecule has 0 aromatic heterocycles. The molecule has 0 unspecified atom stereocenters. The number of carbonyl (C=O) groups is 2. The van der Waals surface area contributed by atoms with Crippen molar-refractivity contribution in [1.29, 1.82) is 0 Å². The lowest BCUT2D eigenvalue weighted by Crippen LogP contribution is -2.36. The molecule has 194 valence electrons. The molecule has 0 saturated carbocycles. The predicted octanol–water partition coefficient (Wildman–Crippen LogP) is 6.20. The van der Waals surface area contributed by atoms with Gasteiger partial charge in [-0.2, -0.15) is 0 Å². The number of piperidine rings is 1. The van der Waals surface area contributed by atoms with E-state index in [-0.39, 0.29) is 24.2 Å². The normalized spacial score (nSPS) is 14.3. The average Bonchev–Trinajstić information content (AvgIpc) is 2.89. The highest BCUT2D eigenvalue weighted by Crippen LogP contribution is 2.31. The predicted molar refractivity (Wildman–Crippen MR) is 147 cm³/mol. The van der Waals surface area contributed by atoms with E-state index in [1.807, 2.05) is 39.0 Å². The lowest BCUT2D eigenvalue weighted by Gasteiger charge is -2.35. The van der Waals surface area contributed by atoms with Crippen LogP contribution in [0.3, 0.4) is 0 Å². The fourth-order valence-electron chi connectivity index (χ4n) is 4.60. The molecule has 2 amide bonds. The van der Waals surface area contributed by atoms with Crippen LogP contribution in [-0.4, -0.2) is 24.9 Å². The number of rotatable bonds is 7. The SMILES string of the molecule is CC(C)(C)C(=O)Nc1ccc(N2CCC(Cc3ccccc3)CC2)c(C(=O)NCc2ccc(F)cc2)c1. The van der Waals surface area contributed by atoms with Gasteiger partial charge in [0.05, 0.1) is 5.56 Å². The first-order chi connectivity index (χ1) is 17.7. The van der Waals surface area contributed by atoms with Gasteiger partial charge in [-0.25, -0.2) is 4.39 Å². The van der Waals surface area contributed by atoms with Crippen molar-refractivity contribution < 1.29 is 14.0 Å². The van der Waals surface area contributed by atoms with E-state index in [9.17, 15) is 14.0 Å². The highest BCUT2D eigenvalue weighted by atomic mass is 19.1. The van der Waals surface area contributed by atoms with Crippen molar-refractivity contribution in [2.45, 2.75) is 46.6 Å². The number of amides is 2. The molecule has 2 N–H and O–H groups in total. The third-order valence-corrected chi connectivity index (χ3v) is 6.87. The quantitative estimate of drug-likeness (QED) is 0.405. The Kier molecular flexibility index (Phi) is 8.27. The molecule has 6 heteroatoms. The second kappa shape index (κ2) is 11.6. The Morgan fingerprint density at radius 2 is 1.59 bits per heavy atom. The van der Waals surface area contributed by atoms with Gasteiger partial charge in [-0.3, -0.25) is 9.59 Å². The highest BCUT2D eigenvalue weighted by molar-refractivity contribution is 6.02. The van der Waals surface area contributed by atoms with Crippen LogP contribution in [0.4, 0.5) is 15.8 Å². The van der Waals surface area contributed by atoms with Crippen molar-refractivity contribution in [1.82, 2.24) is 5.32 Å². The molecule has 0 radical (unpaired) electrons. The van der Waals surface area contributed by atoms with E-state index in [0.29, 0.717) is 17.2 Å². The van der Waals surface area contributed by atoms with Crippen LogP contribution < -0.4 is 15.5 Å². The molecule has 5 nitrogen and oxygen atoms in total. The molecule has 0 atom stereocenters. The minimum absolute atomic E-state index is 0.111. The van der Waals surface area contributed by atoms with E-state index in [1.165, 1.54) is 17.7 Å². The van der Waals surface area contributed by atoms with Gasteiger partial charge in [-0.15, -0.1) is 0 Å². The van der Waals surface area contributed by atoms with Crippen LogP contribution in [0.25, 0.3) is 0 Å². The fourth-order valence-corrected chi connectivity index (χ4v) is 4.60. The summed E-state index contributed by atoms with van der Waals surface area (Å²) in [6.45, 7) is 7.58. The zero-order valence-electron chi connectivity index (χ0n) is 21.9. The third-order valence-electron chi connectivity index (χ3n) is 6.87. The van der Waals surface area contributed by atoms with Crippen LogP contribution in [0.1, 0.15) is 55.1 Å². The van der Waals surface area contributed by atoms with Crippen molar-refractivity contribution in [3.8, 4) is 0 Å². The summed E-state index contributed by atoms with van der Waals surface area (Å²) < 4.78 is 13.3. The van der Waals surface area contributed by atoms with Gasteiger partial charge in [0.1, 0.15) is 5.82 Å². The first-order valence-corrected chi connectivity index (χ1v) is 13.0. The molecule has 0 spiro atoms. The lowest BCUT2D eigenvalue weighted by molar-refractivity contribution is -0.123. The van der Waals surface area contributed by atoms with Crippen molar-refractivity contribution in [2.24, 2.45) is 11.3 Å². The molecule has 4 rings (SSSR count). The van der Waals surface area contributed by atoms with Crippen LogP contribution in [0.2, 0.25) is 0 Å². The maximum Gasteiger partial charge on any atom is 0.253 e. The van der Waals surface area contributed by atoms with Crippen LogP contribution in [0.15, 0.2) is 72.8 Å². The van der Waals surface area contributed by atoms with Crippen molar-refractivity contribution >= 4 is 23.2 Å². The van der Waals surface area contributed by atoms with E-state index < -0.39 is 5.41 Å². The summed E-state index contributed by atoms with van der Waals surface area (Å²) in [4.78, 5) is 28.2. The Bertz CT molecular complexity index is 1210. The van der Waals surface area contributed by atoms with E-state index in [1.54, 1.807) is 18.2 Å². The molecule has 1 heterocycles. The summed E-state index contributed by atoms with van der Waals surface area (Å²) in [5.74, 6) is -0.0349. The van der Waals surface area contributed by atoms with E-state index in [0.717, 1.165) is 43.6 Å². The van der Waals surface area contributed by atoms with Crippen molar-refractivity contribution in [3.63, 3.8) is 0 Å². The second-order valence-electron chi connectivity index (χ2n) is 10.9. The molecule has 0 aliphatic carbocycles. The van der Waals surface area contributed by atoms with E-state index >= 15 is 0 Å². The van der Waals surface area contributed by atoms with Gasteiger partial charge < -0.3 is 15.5 Å². The summed E-state index contributed by atoms with van der Waals surface area (Å²) in [7, 11) is 0. The van der Waals surface area contributed by atoms with Gasteiger partial charge >= 0.3 is 0 Å². The molecule has 1 fully saturated rings. The molecule has 3 aromatic rings.